The van der Waals surface area contributed by atoms with Crippen molar-refractivity contribution < 1.29 is 19.1 Å². The molecule has 8 heteroatoms. The van der Waals surface area contributed by atoms with E-state index >= 15 is 0 Å². The Hall–Kier alpha value is -3.81. The van der Waals surface area contributed by atoms with Gasteiger partial charge in [-0.25, -0.2) is 4.79 Å². The van der Waals surface area contributed by atoms with Gasteiger partial charge in [-0.3, -0.25) is 9.59 Å². The highest BCUT2D eigenvalue weighted by Crippen LogP contribution is 2.12. The molecular formula is C22H22N4O4. The van der Waals surface area contributed by atoms with Crippen molar-refractivity contribution in [2.45, 2.75) is 26.7 Å². The van der Waals surface area contributed by atoms with Crippen LogP contribution in [0.5, 0.6) is 0 Å². The Balaban J connectivity index is 1.59. The monoisotopic (exact) mass is 406 g/mol. The summed E-state index contributed by atoms with van der Waals surface area (Å²) >= 11 is 0. The van der Waals surface area contributed by atoms with E-state index in [4.69, 9.17) is 4.74 Å². The maximum atomic E-state index is 12.3. The Morgan fingerprint density at radius 1 is 1.00 bits per heavy atom. The van der Waals surface area contributed by atoms with Gasteiger partial charge < -0.3 is 10.1 Å². The number of ketones is 1. The lowest BCUT2D eigenvalue weighted by atomic mass is 10.1. The van der Waals surface area contributed by atoms with Gasteiger partial charge in [-0.2, -0.15) is 9.90 Å². The number of aryl methyl sites for hydroxylation is 1. The predicted molar refractivity (Wildman–Crippen MR) is 111 cm³/mol. The molecule has 30 heavy (non-hydrogen) atoms. The number of esters is 1. The minimum atomic E-state index is -0.716. The van der Waals surface area contributed by atoms with E-state index in [9.17, 15) is 14.4 Å². The van der Waals surface area contributed by atoms with Crippen LogP contribution in [0.15, 0.2) is 54.6 Å². The SMILES string of the molecule is CCCC(=O)Nc1ccc(C(=O)COC(=O)c2nn(-c3ccccc3)nc2C)cc1. The van der Waals surface area contributed by atoms with Crippen LogP contribution < -0.4 is 5.32 Å². The molecule has 2 aromatic carbocycles. The van der Waals surface area contributed by atoms with Crippen molar-refractivity contribution in [1.82, 2.24) is 15.0 Å². The zero-order chi connectivity index (χ0) is 21.5. The third kappa shape index (κ3) is 5.16. The maximum absolute atomic E-state index is 12.3. The quantitative estimate of drug-likeness (QED) is 0.454. The van der Waals surface area contributed by atoms with Crippen molar-refractivity contribution in [2.24, 2.45) is 0 Å². The van der Waals surface area contributed by atoms with E-state index in [1.54, 1.807) is 31.2 Å². The summed E-state index contributed by atoms with van der Waals surface area (Å²) in [6.45, 7) is 3.15. The number of aromatic nitrogens is 3. The Morgan fingerprint density at radius 3 is 2.37 bits per heavy atom. The first-order chi connectivity index (χ1) is 14.5. The summed E-state index contributed by atoms with van der Waals surface area (Å²) in [5, 5.41) is 11.1. The van der Waals surface area contributed by atoms with Crippen LogP contribution in [0.1, 0.15) is 46.3 Å². The number of ether oxygens (including phenoxy) is 1. The number of nitrogens with zero attached hydrogens (tertiary/aromatic N) is 3. The molecule has 1 amide bonds. The number of nitrogens with one attached hydrogen (secondary N) is 1. The van der Waals surface area contributed by atoms with Gasteiger partial charge in [-0.05, 0) is 49.7 Å². The second-order valence-electron chi connectivity index (χ2n) is 6.63. The third-order valence-electron chi connectivity index (χ3n) is 4.26. The lowest BCUT2D eigenvalue weighted by Gasteiger charge is -2.06. The second kappa shape index (κ2) is 9.60. The van der Waals surface area contributed by atoms with Gasteiger partial charge in [0.15, 0.2) is 18.1 Å². The van der Waals surface area contributed by atoms with Crippen molar-refractivity contribution in [1.29, 1.82) is 0 Å². The summed E-state index contributed by atoms with van der Waals surface area (Å²) in [5.74, 6) is -1.15. The highest BCUT2D eigenvalue weighted by Gasteiger charge is 2.19. The zero-order valence-corrected chi connectivity index (χ0v) is 16.8. The molecule has 0 aliphatic rings. The molecule has 1 aromatic heterocycles. The van der Waals surface area contributed by atoms with E-state index in [-0.39, 0.29) is 17.4 Å². The molecule has 3 aromatic rings. The normalized spacial score (nSPS) is 10.5. The Bertz CT molecular complexity index is 1040. The van der Waals surface area contributed by atoms with Crippen LogP contribution in [0, 0.1) is 6.92 Å². The molecule has 154 valence electrons. The van der Waals surface area contributed by atoms with Crippen LogP contribution in [0.3, 0.4) is 0 Å². The highest BCUT2D eigenvalue weighted by molar-refractivity contribution is 5.99. The van der Waals surface area contributed by atoms with E-state index < -0.39 is 12.6 Å². The highest BCUT2D eigenvalue weighted by atomic mass is 16.5. The van der Waals surface area contributed by atoms with Gasteiger partial charge in [-0.1, -0.05) is 25.1 Å². The van der Waals surface area contributed by atoms with Crippen molar-refractivity contribution in [3.05, 3.63) is 71.5 Å². The molecule has 0 aliphatic carbocycles. The Labute approximate surface area is 173 Å². The van der Waals surface area contributed by atoms with Crippen LogP contribution >= 0.6 is 0 Å². The van der Waals surface area contributed by atoms with Gasteiger partial charge in [0.05, 0.1) is 11.4 Å². The molecular weight excluding hydrogens is 384 g/mol. The number of amides is 1. The maximum Gasteiger partial charge on any atom is 0.361 e. The van der Waals surface area contributed by atoms with Gasteiger partial charge in [0.25, 0.3) is 0 Å². The number of rotatable bonds is 8. The zero-order valence-electron chi connectivity index (χ0n) is 16.8. The molecule has 0 saturated heterocycles. The lowest BCUT2D eigenvalue weighted by molar-refractivity contribution is -0.116. The summed E-state index contributed by atoms with van der Waals surface area (Å²) < 4.78 is 5.13. The number of benzene rings is 2. The van der Waals surface area contributed by atoms with Crippen molar-refractivity contribution in [2.75, 3.05) is 11.9 Å². The van der Waals surface area contributed by atoms with E-state index in [2.05, 4.69) is 15.5 Å². The standard InChI is InChI=1S/C22H22N4O4/c1-3-7-20(28)23-17-12-10-16(11-13-17)19(27)14-30-22(29)21-15(2)24-26(25-21)18-8-5-4-6-9-18/h4-6,8-13H,3,7,14H2,1-2H3,(H,23,28). The molecule has 1 heterocycles. The summed E-state index contributed by atoms with van der Waals surface area (Å²) in [5.41, 5.74) is 2.15. The first kappa shape index (κ1) is 20.9. The number of carbonyl (C=O) groups excluding carboxylic acids is 3. The average Bonchev–Trinajstić information content (AvgIpc) is 3.15. The molecule has 8 nitrogen and oxygen atoms in total. The minimum absolute atomic E-state index is 0.0561. The topological polar surface area (TPSA) is 103 Å². The fourth-order valence-corrected chi connectivity index (χ4v) is 2.72. The minimum Gasteiger partial charge on any atom is -0.452 e. The summed E-state index contributed by atoms with van der Waals surface area (Å²) in [6, 6.07) is 15.6. The molecule has 0 aliphatic heterocycles. The largest absolute Gasteiger partial charge is 0.452 e. The van der Waals surface area contributed by atoms with E-state index in [1.165, 1.54) is 4.80 Å². The predicted octanol–water partition coefficient (Wildman–Crippen LogP) is 3.35. The van der Waals surface area contributed by atoms with Crippen LogP contribution in [0.25, 0.3) is 5.69 Å². The Kier molecular flexibility index (Phi) is 6.69. The van der Waals surface area contributed by atoms with Gasteiger partial charge in [0, 0.05) is 17.7 Å². The van der Waals surface area contributed by atoms with Gasteiger partial charge in [-0.15, -0.1) is 5.10 Å². The lowest BCUT2D eigenvalue weighted by Crippen LogP contribution is -2.16. The third-order valence-corrected chi connectivity index (χ3v) is 4.26. The fraction of sp³-hybridized carbons (Fsp3) is 0.227. The molecule has 0 unspecified atom stereocenters. The number of para-hydroxylation sites is 1. The number of anilines is 1. The second-order valence-corrected chi connectivity index (χ2v) is 6.63. The summed E-state index contributed by atoms with van der Waals surface area (Å²) in [4.78, 5) is 37.6. The van der Waals surface area contributed by atoms with Gasteiger partial charge in [0.1, 0.15) is 0 Å². The number of carbonyl (C=O) groups is 3. The first-order valence-electron chi connectivity index (χ1n) is 9.57. The van der Waals surface area contributed by atoms with Crippen LogP contribution in [0.4, 0.5) is 5.69 Å². The van der Waals surface area contributed by atoms with Gasteiger partial charge >= 0.3 is 5.97 Å². The number of hydrogen-bond donors (Lipinski definition) is 1. The van der Waals surface area contributed by atoms with Crippen LogP contribution in [0.2, 0.25) is 0 Å². The number of Topliss-reactive ketones (excluding diaryl/α,β-unsaturated/α-hetero) is 1. The molecule has 0 bridgehead atoms. The van der Waals surface area contributed by atoms with Crippen molar-refractivity contribution in [3.8, 4) is 5.69 Å². The van der Waals surface area contributed by atoms with E-state index in [0.29, 0.717) is 29.1 Å². The van der Waals surface area contributed by atoms with E-state index in [0.717, 1.165) is 6.42 Å². The van der Waals surface area contributed by atoms with Gasteiger partial charge in [0.2, 0.25) is 5.91 Å². The number of hydrogen-bond acceptors (Lipinski definition) is 6. The molecule has 0 radical (unpaired) electrons. The van der Waals surface area contributed by atoms with E-state index in [1.807, 2.05) is 37.3 Å². The molecule has 0 spiro atoms. The van der Waals surface area contributed by atoms with Crippen LogP contribution in [-0.4, -0.2) is 39.3 Å². The molecule has 0 saturated carbocycles. The first-order valence-corrected chi connectivity index (χ1v) is 9.57. The summed E-state index contributed by atoms with van der Waals surface area (Å²) in [7, 11) is 0. The summed E-state index contributed by atoms with van der Waals surface area (Å²) in [6.07, 6.45) is 1.19. The smallest absolute Gasteiger partial charge is 0.361 e. The van der Waals surface area contributed by atoms with Crippen LogP contribution in [-0.2, 0) is 9.53 Å². The Morgan fingerprint density at radius 2 is 1.70 bits per heavy atom. The van der Waals surface area contributed by atoms with Crippen molar-refractivity contribution in [3.63, 3.8) is 0 Å². The molecule has 3 rings (SSSR count). The molecule has 1 N–H and O–H groups in total. The van der Waals surface area contributed by atoms with Crippen molar-refractivity contribution >= 4 is 23.3 Å². The molecule has 0 atom stereocenters. The average molecular weight is 406 g/mol. The molecule has 0 fully saturated rings. The fourth-order valence-electron chi connectivity index (χ4n) is 2.72.